The van der Waals surface area contributed by atoms with Crippen molar-refractivity contribution in [3.8, 4) is 0 Å². The summed E-state index contributed by atoms with van der Waals surface area (Å²) in [7, 11) is 0. The minimum atomic E-state index is 0.798. The molecular formula is C15H24BrN3. The van der Waals surface area contributed by atoms with E-state index in [-0.39, 0.29) is 0 Å². The van der Waals surface area contributed by atoms with Crippen molar-refractivity contribution in [2.45, 2.75) is 52.4 Å². The first-order chi connectivity index (χ1) is 9.17. The first-order valence-corrected chi connectivity index (χ1v) is 8.24. The van der Waals surface area contributed by atoms with Gasteiger partial charge in [0.05, 0.1) is 0 Å². The minimum absolute atomic E-state index is 0.798. The molecule has 19 heavy (non-hydrogen) atoms. The molecule has 1 fully saturated rings. The van der Waals surface area contributed by atoms with Gasteiger partial charge in [-0.3, -0.25) is 0 Å². The van der Waals surface area contributed by atoms with Crippen molar-refractivity contribution >= 4 is 21.7 Å². The standard InChI is InChI=1S/C15H24BrN3/c1-3-5-14-18-13(16)9-15(19-14)17-10-12-7-4-6-11(2)8-12/h9,11-12H,3-8,10H2,1-2H3,(H,17,18,19). The van der Waals surface area contributed by atoms with E-state index >= 15 is 0 Å². The lowest BCUT2D eigenvalue weighted by molar-refractivity contribution is 0.293. The number of nitrogens with one attached hydrogen (secondary N) is 1. The van der Waals surface area contributed by atoms with E-state index in [0.29, 0.717) is 0 Å². The summed E-state index contributed by atoms with van der Waals surface area (Å²) in [6.07, 6.45) is 7.50. The Balaban J connectivity index is 1.91. The fourth-order valence-corrected chi connectivity index (χ4v) is 3.31. The number of hydrogen-bond acceptors (Lipinski definition) is 3. The van der Waals surface area contributed by atoms with E-state index < -0.39 is 0 Å². The van der Waals surface area contributed by atoms with Crippen LogP contribution >= 0.6 is 15.9 Å². The number of rotatable bonds is 5. The lowest BCUT2D eigenvalue weighted by Crippen LogP contribution is -2.21. The van der Waals surface area contributed by atoms with Crippen LogP contribution in [0.25, 0.3) is 0 Å². The van der Waals surface area contributed by atoms with Crippen LogP contribution in [0.1, 0.15) is 51.8 Å². The first-order valence-electron chi connectivity index (χ1n) is 7.44. The summed E-state index contributed by atoms with van der Waals surface area (Å²) in [4.78, 5) is 8.97. The molecule has 0 spiro atoms. The second kappa shape index (κ2) is 7.22. The molecular weight excluding hydrogens is 302 g/mol. The van der Waals surface area contributed by atoms with E-state index in [1.165, 1.54) is 25.7 Å². The fourth-order valence-electron chi connectivity index (χ4n) is 2.88. The molecule has 0 aliphatic heterocycles. The number of aryl methyl sites for hydroxylation is 1. The van der Waals surface area contributed by atoms with Gasteiger partial charge < -0.3 is 5.32 Å². The Morgan fingerprint density at radius 1 is 1.37 bits per heavy atom. The highest BCUT2D eigenvalue weighted by Gasteiger charge is 2.18. The SMILES string of the molecule is CCCc1nc(Br)cc(NCC2CCCC(C)C2)n1. The lowest BCUT2D eigenvalue weighted by atomic mass is 9.82. The van der Waals surface area contributed by atoms with Gasteiger partial charge in [-0.25, -0.2) is 9.97 Å². The normalized spacial score (nSPS) is 23.3. The molecule has 0 radical (unpaired) electrons. The van der Waals surface area contributed by atoms with Crippen molar-refractivity contribution in [1.29, 1.82) is 0 Å². The Bertz CT molecular complexity index is 408. The van der Waals surface area contributed by atoms with Gasteiger partial charge in [-0.15, -0.1) is 0 Å². The summed E-state index contributed by atoms with van der Waals surface area (Å²) in [5.41, 5.74) is 0. The van der Waals surface area contributed by atoms with Gasteiger partial charge in [0.2, 0.25) is 0 Å². The van der Waals surface area contributed by atoms with Crippen molar-refractivity contribution in [2.75, 3.05) is 11.9 Å². The number of anilines is 1. The van der Waals surface area contributed by atoms with Crippen molar-refractivity contribution in [2.24, 2.45) is 11.8 Å². The average molecular weight is 326 g/mol. The largest absolute Gasteiger partial charge is 0.370 e. The predicted molar refractivity (Wildman–Crippen MR) is 83.3 cm³/mol. The molecule has 0 aromatic carbocycles. The molecule has 3 nitrogen and oxygen atoms in total. The number of halogens is 1. The van der Waals surface area contributed by atoms with Crippen molar-refractivity contribution < 1.29 is 0 Å². The molecule has 1 aromatic rings. The van der Waals surface area contributed by atoms with Crippen LogP contribution in [0.2, 0.25) is 0 Å². The smallest absolute Gasteiger partial charge is 0.132 e. The maximum absolute atomic E-state index is 4.57. The molecule has 2 unspecified atom stereocenters. The highest BCUT2D eigenvalue weighted by molar-refractivity contribution is 9.10. The number of aromatic nitrogens is 2. The molecule has 1 aliphatic rings. The van der Waals surface area contributed by atoms with Gasteiger partial charge in [0.1, 0.15) is 16.2 Å². The van der Waals surface area contributed by atoms with Crippen LogP contribution in [0.3, 0.4) is 0 Å². The van der Waals surface area contributed by atoms with Crippen molar-refractivity contribution in [3.05, 3.63) is 16.5 Å². The van der Waals surface area contributed by atoms with Crippen LogP contribution in [0.5, 0.6) is 0 Å². The molecule has 1 heterocycles. The van der Waals surface area contributed by atoms with Crippen LogP contribution in [0.4, 0.5) is 5.82 Å². The number of nitrogens with zero attached hydrogens (tertiary/aromatic N) is 2. The lowest BCUT2D eigenvalue weighted by Gasteiger charge is -2.27. The van der Waals surface area contributed by atoms with Gasteiger partial charge >= 0.3 is 0 Å². The number of hydrogen-bond donors (Lipinski definition) is 1. The summed E-state index contributed by atoms with van der Waals surface area (Å²) in [5, 5.41) is 3.49. The molecule has 0 bridgehead atoms. The van der Waals surface area contributed by atoms with Crippen molar-refractivity contribution in [3.63, 3.8) is 0 Å². The summed E-state index contributed by atoms with van der Waals surface area (Å²) < 4.78 is 0.880. The van der Waals surface area contributed by atoms with E-state index in [2.05, 4.69) is 45.1 Å². The third-order valence-electron chi connectivity index (χ3n) is 3.83. The third kappa shape index (κ3) is 4.75. The molecule has 1 N–H and O–H groups in total. The summed E-state index contributed by atoms with van der Waals surface area (Å²) in [6, 6.07) is 1.98. The third-order valence-corrected chi connectivity index (χ3v) is 4.24. The second-order valence-electron chi connectivity index (χ2n) is 5.76. The van der Waals surface area contributed by atoms with Crippen LogP contribution in [-0.2, 0) is 6.42 Å². The van der Waals surface area contributed by atoms with Gasteiger partial charge in [0.25, 0.3) is 0 Å². The fraction of sp³-hybridized carbons (Fsp3) is 0.733. The van der Waals surface area contributed by atoms with Gasteiger partial charge in [-0.1, -0.05) is 26.7 Å². The predicted octanol–water partition coefficient (Wildman–Crippen LogP) is 4.43. The second-order valence-corrected chi connectivity index (χ2v) is 6.57. The molecule has 0 saturated heterocycles. The molecule has 106 valence electrons. The van der Waals surface area contributed by atoms with Crippen LogP contribution in [0.15, 0.2) is 10.7 Å². The van der Waals surface area contributed by atoms with Gasteiger partial charge in [0, 0.05) is 19.0 Å². The summed E-state index contributed by atoms with van der Waals surface area (Å²) in [6.45, 7) is 5.56. The topological polar surface area (TPSA) is 37.8 Å². The molecule has 1 aliphatic carbocycles. The van der Waals surface area contributed by atoms with E-state index in [1.54, 1.807) is 0 Å². The molecule has 4 heteroatoms. The first kappa shape index (κ1) is 14.8. The molecule has 1 aromatic heterocycles. The Morgan fingerprint density at radius 3 is 2.95 bits per heavy atom. The molecule has 2 atom stereocenters. The Labute approximate surface area is 124 Å². The maximum atomic E-state index is 4.57. The Hall–Kier alpha value is -0.640. The van der Waals surface area contributed by atoms with Crippen LogP contribution in [-0.4, -0.2) is 16.5 Å². The zero-order valence-corrected chi connectivity index (χ0v) is 13.5. The minimum Gasteiger partial charge on any atom is -0.370 e. The van der Waals surface area contributed by atoms with Crippen LogP contribution < -0.4 is 5.32 Å². The highest BCUT2D eigenvalue weighted by Crippen LogP contribution is 2.28. The Kier molecular flexibility index (Phi) is 5.61. The quantitative estimate of drug-likeness (QED) is 0.814. The van der Waals surface area contributed by atoms with E-state index in [9.17, 15) is 0 Å². The van der Waals surface area contributed by atoms with E-state index in [0.717, 1.165) is 47.5 Å². The van der Waals surface area contributed by atoms with Gasteiger partial charge in [-0.05, 0) is 47.0 Å². The Morgan fingerprint density at radius 2 is 2.21 bits per heavy atom. The molecule has 0 amide bonds. The average Bonchev–Trinajstić information content (AvgIpc) is 2.36. The zero-order chi connectivity index (χ0) is 13.7. The van der Waals surface area contributed by atoms with E-state index in [1.807, 2.05) is 6.07 Å². The monoisotopic (exact) mass is 325 g/mol. The summed E-state index contributed by atoms with van der Waals surface area (Å²) in [5.74, 6) is 3.57. The zero-order valence-electron chi connectivity index (χ0n) is 12.0. The van der Waals surface area contributed by atoms with Crippen molar-refractivity contribution in [1.82, 2.24) is 9.97 Å². The van der Waals surface area contributed by atoms with Gasteiger partial charge in [0.15, 0.2) is 0 Å². The molecule has 1 saturated carbocycles. The maximum Gasteiger partial charge on any atom is 0.132 e. The molecule has 2 rings (SSSR count). The van der Waals surface area contributed by atoms with Gasteiger partial charge in [-0.2, -0.15) is 0 Å². The summed E-state index contributed by atoms with van der Waals surface area (Å²) >= 11 is 3.47. The van der Waals surface area contributed by atoms with Crippen LogP contribution in [0, 0.1) is 11.8 Å². The van der Waals surface area contributed by atoms with E-state index in [4.69, 9.17) is 0 Å². The highest BCUT2D eigenvalue weighted by atomic mass is 79.9.